The molecule has 26 heavy (non-hydrogen) atoms. The molecule has 2 aromatic carbocycles. The van der Waals surface area contributed by atoms with E-state index in [1.807, 2.05) is 36.6 Å². The number of anilines is 1. The van der Waals surface area contributed by atoms with Crippen LogP contribution in [0.5, 0.6) is 5.75 Å². The smallest absolute Gasteiger partial charge is 0.342 e. The minimum Gasteiger partial charge on any atom is -0.496 e. The quantitative estimate of drug-likeness (QED) is 0.594. The van der Waals surface area contributed by atoms with Gasteiger partial charge in [0.05, 0.1) is 7.11 Å². The maximum Gasteiger partial charge on any atom is 0.342 e. The summed E-state index contributed by atoms with van der Waals surface area (Å²) in [6.45, 7) is 2.20. The molecule has 1 atom stereocenters. The summed E-state index contributed by atoms with van der Waals surface area (Å²) in [6, 6.07) is 13.1. The van der Waals surface area contributed by atoms with E-state index < -0.39 is 12.1 Å². The number of methoxy groups -OCH3 is 1. The fourth-order valence-corrected chi connectivity index (χ4v) is 3.46. The van der Waals surface area contributed by atoms with Crippen molar-refractivity contribution in [1.82, 2.24) is 0 Å². The number of fused-ring (bicyclic) bond motifs is 1. The number of esters is 1. The third kappa shape index (κ3) is 3.55. The number of para-hydroxylation sites is 1. The van der Waals surface area contributed by atoms with Crippen LogP contribution >= 0.6 is 11.8 Å². The van der Waals surface area contributed by atoms with Gasteiger partial charge in [-0.25, -0.2) is 4.79 Å². The Labute approximate surface area is 157 Å². The summed E-state index contributed by atoms with van der Waals surface area (Å²) in [5.74, 6) is -0.348. The molecule has 0 fully saturated rings. The van der Waals surface area contributed by atoms with Crippen LogP contribution in [0.25, 0.3) is 0 Å². The number of ether oxygens (including phenoxy) is 2. The van der Waals surface area contributed by atoms with E-state index in [0.29, 0.717) is 17.9 Å². The number of thioether (sulfide) groups is 1. The van der Waals surface area contributed by atoms with Gasteiger partial charge in [0.15, 0.2) is 6.10 Å². The van der Waals surface area contributed by atoms with E-state index in [4.69, 9.17) is 9.47 Å². The van der Waals surface area contributed by atoms with E-state index in [2.05, 4.69) is 0 Å². The first-order valence-corrected chi connectivity index (χ1v) is 9.60. The molecule has 1 amide bonds. The van der Waals surface area contributed by atoms with Crippen LogP contribution in [0, 0.1) is 0 Å². The molecular formula is C20H21NO4S. The molecule has 0 saturated carbocycles. The SMILES string of the molecule is COc1cc(SC)ccc1C(=O)O[C@@H](C)C(=O)N1CCc2ccccc21. The number of carbonyl (C=O) groups is 2. The molecule has 0 unspecified atom stereocenters. The average Bonchev–Trinajstić information content (AvgIpc) is 3.10. The summed E-state index contributed by atoms with van der Waals surface area (Å²) in [7, 11) is 1.51. The van der Waals surface area contributed by atoms with Crippen molar-refractivity contribution >= 4 is 29.3 Å². The standard InChI is InChI=1S/C20H21NO4S/c1-13(19(22)21-11-10-14-6-4-5-7-17(14)21)25-20(23)16-9-8-15(26-3)12-18(16)24-2/h4-9,12-13H,10-11H2,1-3H3/t13-/m0/s1. The molecule has 2 aromatic rings. The highest BCUT2D eigenvalue weighted by Crippen LogP contribution is 2.29. The maximum atomic E-state index is 12.7. The van der Waals surface area contributed by atoms with Gasteiger partial charge in [0.1, 0.15) is 11.3 Å². The van der Waals surface area contributed by atoms with Crippen molar-refractivity contribution in [3.05, 3.63) is 53.6 Å². The lowest BCUT2D eigenvalue weighted by atomic mass is 10.2. The van der Waals surface area contributed by atoms with Gasteiger partial charge in [-0.1, -0.05) is 18.2 Å². The van der Waals surface area contributed by atoms with Gasteiger partial charge in [-0.3, -0.25) is 4.79 Å². The molecule has 5 nitrogen and oxygen atoms in total. The summed E-state index contributed by atoms with van der Waals surface area (Å²) in [4.78, 5) is 27.9. The van der Waals surface area contributed by atoms with E-state index >= 15 is 0 Å². The van der Waals surface area contributed by atoms with Gasteiger partial charge in [0, 0.05) is 17.1 Å². The summed E-state index contributed by atoms with van der Waals surface area (Å²) in [6.07, 6.45) is 1.88. The van der Waals surface area contributed by atoms with E-state index in [1.165, 1.54) is 7.11 Å². The molecule has 136 valence electrons. The Bertz CT molecular complexity index is 836. The summed E-state index contributed by atoms with van der Waals surface area (Å²) in [5.41, 5.74) is 2.34. The minimum atomic E-state index is -0.876. The monoisotopic (exact) mass is 371 g/mol. The van der Waals surface area contributed by atoms with E-state index in [9.17, 15) is 9.59 Å². The molecule has 0 radical (unpaired) electrons. The molecule has 0 saturated heterocycles. The van der Waals surface area contributed by atoms with Crippen LogP contribution in [0.1, 0.15) is 22.8 Å². The van der Waals surface area contributed by atoms with E-state index in [-0.39, 0.29) is 5.91 Å². The Morgan fingerprint density at radius 3 is 2.69 bits per heavy atom. The Hall–Kier alpha value is -2.47. The van der Waals surface area contributed by atoms with Crippen LogP contribution in [0.4, 0.5) is 5.69 Å². The molecule has 0 aliphatic carbocycles. The van der Waals surface area contributed by atoms with Gasteiger partial charge >= 0.3 is 5.97 Å². The number of nitrogens with zero attached hydrogens (tertiary/aromatic N) is 1. The van der Waals surface area contributed by atoms with Gasteiger partial charge in [0.2, 0.25) is 0 Å². The van der Waals surface area contributed by atoms with Crippen LogP contribution in [0.15, 0.2) is 47.4 Å². The summed E-state index contributed by atoms with van der Waals surface area (Å²) < 4.78 is 10.7. The normalized spacial score (nSPS) is 13.9. The van der Waals surface area contributed by atoms with E-state index in [0.717, 1.165) is 22.6 Å². The third-order valence-electron chi connectivity index (χ3n) is 4.41. The highest BCUT2D eigenvalue weighted by molar-refractivity contribution is 7.98. The Morgan fingerprint density at radius 2 is 1.96 bits per heavy atom. The lowest BCUT2D eigenvalue weighted by Gasteiger charge is -2.22. The van der Waals surface area contributed by atoms with Gasteiger partial charge < -0.3 is 14.4 Å². The number of hydrogen-bond acceptors (Lipinski definition) is 5. The predicted molar refractivity (Wildman–Crippen MR) is 102 cm³/mol. The second-order valence-electron chi connectivity index (χ2n) is 5.98. The highest BCUT2D eigenvalue weighted by Gasteiger charge is 2.30. The van der Waals surface area contributed by atoms with Gasteiger partial charge in [-0.2, -0.15) is 0 Å². The molecule has 0 bridgehead atoms. The van der Waals surface area contributed by atoms with Gasteiger partial charge in [-0.05, 0) is 49.4 Å². The van der Waals surface area contributed by atoms with Crippen LogP contribution in [-0.2, 0) is 16.0 Å². The van der Waals surface area contributed by atoms with Crippen molar-refractivity contribution in [3.63, 3.8) is 0 Å². The lowest BCUT2D eigenvalue weighted by Crippen LogP contribution is -2.39. The number of hydrogen-bond donors (Lipinski definition) is 0. The van der Waals surface area contributed by atoms with Crippen molar-refractivity contribution in [2.45, 2.75) is 24.3 Å². The Morgan fingerprint density at radius 1 is 1.19 bits per heavy atom. The maximum absolute atomic E-state index is 12.7. The fraction of sp³-hybridized carbons (Fsp3) is 0.300. The van der Waals surface area contributed by atoms with Gasteiger partial charge in [-0.15, -0.1) is 11.8 Å². The Balaban J connectivity index is 1.73. The zero-order valence-corrected chi connectivity index (χ0v) is 15.8. The first kappa shape index (κ1) is 18.3. The molecule has 0 aromatic heterocycles. The van der Waals surface area contributed by atoms with Crippen LogP contribution in [0.2, 0.25) is 0 Å². The van der Waals surface area contributed by atoms with E-state index in [1.54, 1.807) is 35.7 Å². The minimum absolute atomic E-state index is 0.219. The zero-order valence-electron chi connectivity index (χ0n) is 15.0. The van der Waals surface area contributed by atoms with Crippen molar-refractivity contribution in [1.29, 1.82) is 0 Å². The van der Waals surface area contributed by atoms with Crippen LogP contribution in [-0.4, -0.2) is 37.9 Å². The number of carbonyl (C=O) groups excluding carboxylic acids is 2. The molecule has 0 N–H and O–H groups in total. The van der Waals surface area contributed by atoms with Crippen molar-refractivity contribution in [3.8, 4) is 5.75 Å². The van der Waals surface area contributed by atoms with Crippen LogP contribution in [0.3, 0.4) is 0 Å². The summed E-state index contributed by atoms with van der Waals surface area (Å²) >= 11 is 1.55. The van der Waals surface area contributed by atoms with Gasteiger partial charge in [0.25, 0.3) is 5.91 Å². The molecular weight excluding hydrogens is 350 g/mol. The van der Waals surface area contributed by atoms with Crippen molar-refractivity contribution in [2.24, 2.45) is 0 Å². The second kappa shape index (κ2) is 7.83. The topological polar surface area (TPSA) is 55.8 Å². The first-order valence-electron chi connectivity index (χ1n) is 8.37. The van der Waals surface area contributed by atoms with Crippen molar-refractivity contribution in [2.75, 3.05) is 24.8 Å². The van der Waals surface area contributed by atoms with Crippen LogP contribution < -0.4 is 9.64 Å². The molecule has 0 spiro atoms. The second-order valence-corrected chi connectivity index (χ2v) is 6.86. The lowest BCUT2D eigenvalue weighted by molar-refractivity contribution is -0.126. The molecule has 6 heteroatoms. The summed E-state index contributed by atoms with van der Waals surface area (Å²) in [5, 5.41) is 0. The molecule has 3 rings (SSSR count). The molecule has 1 aliphatic heterocycles. The number of amides is 1. The largest absolute Gasteiger partial charge is 0.496 e. The number of benzene rings is 2. The molecule has 1 heterocycles. The first-order chi connectivity index (χ1) is 12.5. The highest BCUT2D eigenvalue weighted by atomic mass is 32.2. The third-order valence-corrected chi connectivity index (χ3v) is 5.14. The zero-order chi connectivity index (χ0) is 18.7. The number of rotatable bonds is 5. The average molecular weight is 371 g/mol. The van der Waals surface area contributed by atoms with Crippen molar-refractivity contribution < 1.29 is 19.1 Å². The fourth-order valence-electron chi connectivity index (χ4n) is 3.03. The predicted octanol–water partition coefficient (Wildman–Crippen LogP) is 3.55. The Kier molecular flexibility index (Phi) is 5.52. The molecule has 1 aliphatic rings.